The molecule has 0 radical (unpaired) electrons. The number of carbonyl (C=O) groups is 1. The van der Waals surface area contributed by atoms with Crippen LogP contribution in [0.3, 0.4) is 0 Å². The maximum absolute atomic E-state index is 12.8. The second kappa shape index (κ2) is 10.0. The average Bonchev–Trinajstić information content (AvgIpc) is 3.39. The van der Waals surface area contributed by atoms with Crippen molar-refractivity contribution in [3.8, 4) is 0 Å². The number of carbonyl (C=O) groups excluding carboxylic acids is 1. The summed E-state index contributed by atoms with van der Waals surface area (Å²) in [6.45, 7) is 6.07. The molecule has 1 N–H and O–H groups in total. The van der Waals surface area contributed by atoms with E-state index in [4.69, 9.17) is 0 Å². The zero-order valence-electron chi connectivity index (χ0n) is 16.8. The van der Waals surface area contributed by atoms with Crippen LogP contribution in [0.1, 0.15) is 34.6 Å². The van der Waals surface area contributed by atoms with Crippen LogP contribution in [0.5, 0.6) is 0 Å². The molecule has 30 heavy (non-hydrogen) atoms. The minimum Gasteiger partial charge on any atom is -0.296 e. The maximum atomic E-state index is 12.8. The first kappa shape index (κ1) is 22.9. The molecule has 7 nitrogen and oxygen atoms in total. The molecule has 0 saturated heterocycles. The van der Waals surface area contributed by atoms with Gasteiger partial charge in [-0.1, -0.05) is 49.1 Å². The Kier molecular flexibility index (Phi) is 7.64. The number of anilines is 1. The monoisotopic (exact) mass is 482 g/mol. The van der Waals surface area contributed by atoms with E-state index in [-0.39, 0.29) is 4.90 Å². The summed E-state index contributed by atoms with van der Waals surface area (Å²) in [6, 6.07) is 8.66. The Morgan fingerprint density at radius 2 is 1.97 bits per heavy atom. The predicted molar refractivity (Wildman–Crippen MR) is 123 cm³/mol. The largest absolute Gasteiger partial charge is 0.296 e. The smallest absolute Gasteiger partial charge is 0.257 e. The van der Waals surface area contributed by atoms with E-state index in [9.17, 15) is 13.2 Å². The Labute approximate surface area is 188 Å². The minimum atomic E-state index is -3.65. The first-order valence-electron chi connectivity index (χ1n) is 9.26. The number of thiophene rings is 1. The van der Waals surface area contributed by atoms with E-state index in [1.54, 1.807) is 49.9 Å². The van der Waals surface area contributed by atoms with Gasteiger partial charge in [0.05, 0.1) is 4.90 Å². The average molecular weight is 483 g/mol. The van der Waals surface area contributed by atoms with Crippen molar-refractivity contribution < 1.29 is 13.2 Å². The van der Waals surface area contributed by atoms with E-state index < -0.39 is 15.9 Å². The van der Waals surface area contributed by atoms with E-state index in [0.717, 1.165) is 10.1 Å². The van der Waals surface area contributed by atoms with Crippen LogP contribution < -0.4 is 5.32 Å². The molecule has 0 aliphatic heterocycles. The summed E-state index contributed by atoms with van der Waals surface area (Å²) in [6.07, 6.45) is 0. The molecule has 0 bridgehead atoms. The summed E-state index contributed by atoms with van der Waals surface area (Å²) in [4.78, 5) is 14.1. The van der Waals surface area contributed by atoms with E-state index in [1.165, 1.54) is 32.7 Å². The Morgan fingerprint density at radius 1 is 1.20 bits per heavy atom. The normalized spacial score (nSPS) is 11.7. The fraction of sp³-hybridized carbons (Fsp3) is 0.316. The fourth-order valence-electron chi connectivity index (χ4n) is 2.73. The number of sulfonamides is 1. The molecular formula is C19H22N4O3S4. The quantitative estimate of drug-likeness (QED) is 0.357. The molecule has 0 fully saturated rings. The van der Waals surface area contributed by atoms with Gasteiger partial charge in [0, 0.05) is 29.3 Å². The van der Waals surface area contributed by atoms with Gasteiger partial charge in [0.25, 0.3) is 5.91 Å². The lowest BCUT2D eigenvalue weighted by Gasteiger charge is -2.19. The van der Waals surface area contributed by atoms with Crippen LogP contribution in [0.15, 0.2) is 44.9 Å². The van der Waals surface area contributed by atoms with E-state index in [0.29, 0.717) is 29.3 Å². The zero-order valence-corrected chi connectivity index (χ0v) is 20.1. The molecule has 0 aliphatic carbocycles. The van der Waals surface area contributed by atoms with E-state index in [1.807, 2.05) is 11.4 Å². The summed E-state index contributed by atoms with van der Waals surface area (Å²) < 4.78 is 27.7. The molecule has 3 aromatic rings. The van der Waals surface area contributed by atoms with Gasteiger partial charge in [-0.05, 0) is 36.1 Å². The molecule has 0 unspecified atom stereocenters. The molecule has 1 amide bonds. The Balaban J connectivity index is 1.74. The van der Waals surface area contributed by atoms with Gasteiger partial charge in [-0.15, -0.1) is 21.5 Å². The Hall–Kier alpha value is -1.79. The van der Waals surface area contributed by atoms with E-state index in [2.05, 4.69) is 21.6 Å². The highest BCUT2D eigenvalue weighted by Gasteiger charge is 2.23. The fourth-order valence-corrected chi connectivity index (χ4v) is 6.73. The topological polar surface area (TPSA) is 92.3 Å². The Bertz CT molecular complexity index is 1110. The molecule has 0 aliphatic rings. The molecule has 0 atom stereocenters. The van der Waals surface area contributed by atoms with Crippen LogP contribution in [0.4, 0.5) is 5.13 Å². The van der Waals surface area contributed by atoms with Crippen molar-refractivity contribution in [2.45, 2.75) is 35.8 Å². The van der Waals surface area contributed by atoms with Crippen LogP contribution in [0.2, 0.25) is 0 Å². The van der Waals surface area contributed by atoms with Gasteiger partial charge in [-0.3, -0.25) is 10.1 Å². The van der Waals surface area contributed by atoms with Crippen molar-refractivity contribution in [2.75, 3.05) is 18.4 Å². The number of thioether (sulfide) groups is 1. The second-order valence-electron chi connectivity index (χ2n) is 6.26. The third kappa shape index (κ3) is 5.27. The van der Waals surface area contributed by atoms with Gasteiger partial charge in [-0.25, -0.2) is 8.42 Å². The molecule has 160 valence electrons. The molecule has 0 saturated carbocycles. The lowest BCUT2D eigenvalue weighted by molar-refractivity contribution is 0.102. The van der Waals surface area contributed by atoms with Crippen LogP contribution in [-0.2, 0) is 15.8 Å². The van der Waals surface area contributed by atoms with Crippen LogP contribution >= 0.6 is 34.4 Å². The van der Waals surface area contributed by atoms with Crippen molar-refractivity contribution in [3.05, 3.63) is 51.7 Å². The number of nitrogens with one attached hydrogen (secondary N) is 1. The van der Waals surface area contributed by atoms with Gasteiger partial charge in [0.1, 0.15) is 0 Å². The lowest BCUT2D eigenvalue weighted by atomic mass is 10.1. The van der Waals surface area contributed by atoms with Crippen molar-refractivity contribution in [1.82, 2.24) is 14.5 Å². The number of benzene rings is 1. The SMILES string of the molecule is CCN(CC)S(=O)(=O)c1ccc(C)c(C(=O)Nc2nnc(SCc3cccs3)s2)c1. The number of aryl methyl sites for hydroxylation is 1. The molecule has 3 rings (SSSR count). The van der Waals surface area contributed by atoms with Crippen LogP contribution in [0, 0.1) is 6.92 Å². The second-order valence-corrected chi connectivity index (χ2v) is 11.4. The summed E-state index contributed by atoms with van der Waals surface area (Å²) in [5, 5.41) is 13.3. The molecule has 0 spiro atoms. The molecular weight excluding hydrogens is 461 g/mol. The summed E-state index contributed by atoms with van der Waals surface area (Å²) in [5.74, 6) is 0.389. The number of hydrogen-bond acceptors (Lipinski definition) is 8. The summed E-state index contributed by atoms with van der Waals surface area (Å²) in [7, 11) is -3.65. The van der Waals surface area contributed by atoms with Gasteiger partial charge >= 0.3 is 0 Å². The third-order valence-electron chi connectivity index (χ3n) is 4.34. The maximum Gasteiger partial charge on any atom is 0.257 e. The van der Waals surface area contributed by atoms with Crippen molar-refractivity contribution in [2.24, 2.45) is 0 Å². The van der Waals surface area contributed by atoms with Crippen LogP contribution in [-0.4, -0.2) is 41.9 Å². The first-order valence-corrected chi connectivity index (χ1v) is 13.4. The number of aromatic nitrogens is 2. The minimum absolute atomic E-state index is 0.103. The molecule has 2 aromatic heterocycles. The van der Waals surface area contributed by atoms with E-state index >= 15 is 0 Å². The highest BCUT2D eigenvalue weighted by Crippen LogP contribution is 2.30. The summed E-state index contributed by atoms with van der Waals surface area (Å²) >= 11 is 4.53. The molecule has 11 heteroatoms. The van der Waals surface area contributed by atoms with Gasteiger partial charge in [-0.2, -0.15) is 4.31 Å². The van der Waals surface area contributed by atoms with Crippen LogP contribution in [0.25, 0.3) is 0 Å². The summed E-state index contributed by atoms with van der Waals surface area (Å²) in [5.41, 5.74) is 0.981. The van der Waals surface area contributed by atoms with Gasteiger partial charge in [0.15, 0.2) is 4.34 Å². The van der Waals surface area contributed by atoms with Crippen molar-refractivity contribution in [1.29, 1.82) is 0 Å². The zero-order chi connectivity index (χ0) is 21.7. The van der Waals surface area contributed by atoms with Gasteiger partial charge < -0.3 is 0 Å². The number of rotatable bonds is 9. The van der Waals surface area contributed by atoms with Gasteiger partial charge in [0.2, 0.25) is 15.2 Å². The van der Waals surface area contributed by atoms with Crippen molar-refractivity contribution in [3.63, 3.8) is 0 Å². The Morgan fingerprint density at radius 3 is 2.63 bits per heavy atom. The standard InChI is InChI=1S/C19H22N4O3S4/c1-4-23(5-2)30(25,26)15-9-8-13(3)16(11-15)17(24)20-18-21-22-19(29-18)28-12-14-7-6-10-27-14/h6-11H,4-5,12H2,1-3H3,(H,20,21,24). The number of amides is 1. The lowest BCUT2D eigenvalue weighted by Crippen LogP contribution is -2.30. The number of nitrogens with zero attached hydrogens (tertiary/aromatic N) is 3. The first-order chi connectivity index (χ1) is 14.3. The highest BCUT2D eigenvalue weighted by atomic mass is 32.2. The highest BCUT2D eigenvalue weighted by molar-refractivity contribution is 8.00. The van der Waals surface area contributed by atoms with Crippen molar-refractivity contribution >= 4 is 55.5 Å². The third-order valence-corrected chi connectivity index (χ3v) is 9.47. The molecule has 1 aromatic carbocycles. The number of hydrogen-bond donors (Lipinski definition) is 1. The predicted octanol–water partition coefficient (Wildman–Crippen LogP) is 4.48. The molecule has 2 heterocycles.